The van der Waals surface area contributed by atoms with Crippen molar-refractivity contribution in [2.45, 2.75) is 13.3 Å². The van der Waals surface area contributed by atoms with Gasteiger partial charge in [-0.15, -0.1) is 0 Å². The molecule has 1 rings (SSSR count). The van der Waals surface area contributed by atoms with Gasteiger partial charge in [0.1, 0.15) is 0 Å². The quantitative estimate of drug-likeness (QED) is 0.718. The number of nitrogens with one attached hydrogen (secondary N) is 1. The maximum atomic E-state index is 11.5. The molecule has 1 atom stereocenters. The van der Waals surface area contributed by atoms with Crippen LogP contribution in [0.15, 0.2) is 0 Å². The first-order valence-corrected chi connectivity index (χ1v) is 5.08. The molecule has 0 aromatic carbocycles. The van der Waals surface area contributed by atoms with E-state index in [0.717, 1.165) is 11.5 Å². The smallest absolute Gasteiger partial charge is 0.236 e. The summed E-state index contributed by atoms with van der Waals surface area (Å²) in [5.74, 6) is -0.729. The van der Waals surface area contributed by atoms with E-state index in [1.54, 1.807) is 0 Å². The van der Waals surface area contributed by atoms with Gasteiger partial charge in [-0.2, -0.15) is 0 Å². The molecule has 0 radical (unpaired) electrons. The van der Waals surface area contributed by atoms with Crippen LogP contribution in [0.2, 0.25) is 0 Å². The lowest BCUT2D eigenvalue weighted by atomic mass is 10.1. The van der Waals surface area contributed by atoms with Crippen LogP contribution in [0.4, 0.5) is 5.13 Å². The average Bonchev–Trinajstić information content (AvgIpc) is 2.57. The highest BCUT2D eigenvalue weighted by Crippen LogP contribution is 2.10. The first-order chi connectivity index (χ1) is 6.65. The van der Waals surface area contributed by atoms with Gasteiger partial charge in [-0.05, 0) is 11.6 Å². The minimum absolute atomic E-state index is 0.183. The Morgan fingerprint density at radius 3 is 2.93 bits per heavy atom. The van der Waals surface area contributed by atoms with Crippen LogP contribution in [-0.2, 0) is 4.79 Å². The van der Waals surface area contributed by atoms with Crippen molar-refractivity contribution in [2.24, 2.45) is 11.7 Å². The van der Waals surface area contributed by atoms with E-state index < -0.39 is 5.92 Å². The lowest BCUT2D eigenvalue weighted by molar-refractivity contribution is -0.118. The van der Waals surface area contributed by atoms with Gasteiger partial charge >= 0.3 is 0 Å². The third-order valence-corrected chi connectivity index (χ3v) is 2.39. The second kappa shape index (κ2) is 4.91. The van der Waals surface area contributed by atoms with Crippen LogP contribution < -0.4 is 11.1 Å². The molecule has 0 aliphatic rings. The van der Waals surface area contributed by atoms with Crippen molar-refractivity contribution in [1.82, 2.24) is 14.8 Å². The third-order valence-electron chi connectivity index (χ3n) is 1.60. The fraction of sp³-hybridized carbons (Fsp3) is 0.500. The van der Waals surface area contributed by atoms with Crippen molar-refractivity contribution in [3.8, 4) is 0 Å². The lowest BCUT2D eigenvalue weighted by Gasteiger charge is -2.10. The summed E-state index contributed by atoms with van der Waals surface area (Å²) in [7, 11) is 0. The number of nitrogens with two attached hydrogens (primary N) is 1. The van der Waals surface area contributed by atoms with Gasteiger partial charge in [0, 0.05) is 11.5 Å². The van der Waals surface area contributed by atoms with Crippen LogP contribution in [0, 0.1) is 5.92 Å². The summed E-state index contributed by atoms with van der Waals surface area (Å²) < 4.78 is 3.51. The maximum Gasteiger partial charge on any atom is 0.236 e. The van der Waals surface area contributed by atoms with Crippen molar-refractivity contribution in [3.05, 3.63) is 0 Å². The SMILES string of the molecule is CCC(C(=O)Nc1nnns1)C(N)=S. The normalized spacial score (nSPS) is 12.1. The van der Waals surface area contributed by atoms with Crippen LogP contribution in [0.5, 0.6) is 0 Å². The van der Waals surface area contributed by atoms with Crippen molar-refractivity contribution in [1.29, 1.82) is 0 Å². The summed E-state index contributed by atoms with van der Waals surface area (Å²) in [5, 5.41) is 9.80. The molecule has 1 unspecified atom stereocenters. The highest BCUT2D eigenvalue weighted by Gasteiger charge is 2.20. The predicted molar refractivity (Wildman–Crippen MR) is 56.9 cm³/mol. The van der Waals surface area contributed by atoms with Gasteiger partial charge in [0.15, 0.2) is 0 Å². The van der Waals surface area contributed by atoms with Gasteiger partial charge in [-0.3, -0.25) is 10.1 Å². The zero-order valence-electron chi connectivity index (χ0n) is 7.43. The molecule has 0 aliphatic carbocycles. The Bertz CT molecular complexity index is 325. The Labute approximate surface area is 90.0 Å². The monoisotopic (exact) mass is 231 g/mol. The van der Waals surface area contributed by atoms with Crippen LogP contribution in [-0.4, -0.2) is 25.7 Å². The van der Waals surface area contributed by atoms with Gasteiger partial charge in [-0.1, -0.05) is 28.7 Å². The molecule has 0 saturated heterocycles. The first kappa shape index (κ1) is 10.9. The van der Waals surface area contributed by atoms with E-state index in [2.05, 4.69) is 20.1 Å². The number of rotatable bonds is 4. The highest BCUT2D eigenvalue weighted by molar-refractivity contribution is 7.80. The average molecular weight is 231 g/mol. The van der Waals surface area contributed by atoms with Gasteiger partial charge in [0.05, 0.1) is 10.9 Å². The summed E-state index contributed by atoms with van der Waals surface area (Å²) in [5.41, 5.74) is 5.40. The van der Waals surface area contributed by atoms with E-state index in [4.69, 9.17) is 18.0 Å². The molecule has 1 aromatic rings. The summed E-state index contributed by atoms with van der Waals surface area (Å²) in [6, 6.07) is 0. The first-order valence-electron chi connectivity index (χ1n) is 3.90. The number of aromatic nitrogens is 3. The summed E-state index contributed by atoms with van der Waals surface area (Å²) >= 11 is 5.76. The van der Waals surface area contributed by atoms with Gasteiger partial charge in [-0.25, -0.2) is 0 Å². The lowest BCUT2D eigenvalue weighted by Crippen LogP contribution is -2.32. The topological polar surface area (TPSA) is 93.8 Å². The van der Waals surface area contributed by atoms with Crippen LogP contribution >= 0.6 is 23.8 Å². The molecule has 0 bridgehead atoms. The zero-order chi connectivity index (χ0) is 10.6. The van der Waals surface area contributed by atoms with Crippen LogP contribution in [0.3, 0.4) is 0 Å². The van der Waals surface area contributed by atoms with Crippen molar-refractivity contribution in [3.63, 3.8) is 0 Å². The number of thiocarbonyl (C=S) groups is 1. The number of nitrogens with zero attached hydrogens (tertiary/aromatic N) is 3. The predicted octanol–water partition coefficient (Wildman–Crippen LogP) is 0.184. The second-order valence-corrected chi connectivity index (χ2v) is 3.72. The van der Waals surface area contributed by atoms with Crippen molar-refractivity contribution < 1.29 is 4.79 Å². The number of carbonyl (C=O) groups excluding carboxylic acids is 1. The largest absolute Gasteiger partial charge is 0.393 e. The van der Waals surface area contributed by atoms with E-state index in [0.29, 0.717) is 11.6 Å². The zero-order valence-corrected chi connectivity index (χ0v) is 9.06. The Hall–Kier alpha value is -1.15. The third kappa shape index (κ3) is 2.67. The minimum Gasteiger partial charge on any atom is -0.393 e. The molecular formula is C6H9N5OS2. The molecule has 1 amide bonds. The van der Waals surface area contributed by atoms with Gasteiger partial charge in [0.25, 0.3) is 0 Å². The second-order valence-electron chi connectivity index (χ2n) is 2.52. The Kier molecular flexibility index (Phi) is 3.84. The molecule has 3 N–H and O–H groups in total. The Balaban J connectivity index is 2.61. The molecule has 8 heteroatoms. The molecule has 0 saturated carbocycles. The Morgan fingerprint density at radius 1 is 1.79 bits per heavy atom. The number of hydrogen-bond donors (Lipinski definition) is 2. The number of anilines is 1. The van der Waals surface area contributed by atoms with Crippen molar-refractivity contribution >= 4 is 39.8 Å². The van der Waals surface area contributed by atoms with E-state index >= 15 is 0 Å². The summed E-state index contributed by atoms with van der Waals surface area (Å²) in [6.45, 7) is 1.84. The number of carbonyl (C=O) groups is 1. The van der Waals surface area contributed by atoms with Crippen LogP contribution in [0.1, 0.15) is 13.3 Å². The molecule has 1 heterocycles. The maximum absolute atomic E-state index is 11.5. The molecule has 76 valence electrons. The molecule has 14 heavy (non-hydrogen) atoms. The standard InChI is InChI=1S/C6H9N5OS2/c1-2-3(4(7)13)5(12)8-6-9-10-11-14-6/h3H,2H2,1H3,(H2,7,13)(H,8,9,11,12). The Morgan fingerprint density at radius 2 is 2.50 bits per heavy atom. The van der Waals surface area contributed by atoms with Gasteiger partial charge < -0.3 is 5.73 Å². The fourth-order valence-corrected chi connectivity index (χ4v) is 1.53. The van der Waals surface area contributed by atoms with E-state index in [1.165, 1.54) is 0 Å². The summed E-state index contributed by atoms with van der Waals surface area (Å²) in [6.07, 6.45) is 0.563. The molecule has 0 aliphatic heterocycles. The van der Waals surface area contributed by atoms with E-state index in [-0.39, 0.29) is 10.9 Å². The fourth-order valence-electron chi connectivity index (χ4n) is 0.890. The van der Waals surface area contributed by atoms with Gasteiger partial charge in [0.2, 0.25) is 11.0 Å². The highest BCUT2D eigenvalue weighted by atomic mass is 32.1. The van der Waals surface area contributed by atoms with E-state index in [9.17, 15) is 4.79 Å². The number of hydrogen-bond acceptors (Lipinski definition) is 6. The molecule has 1 aromatic heterocycles. The van der Waals surface area contributed by atoms with Crippen molar-refractivity contribution in [2.75, 3.05) is 5.32 Å². The minimum atomic E-state index is -0.464. The molecule has 0 spiro atoms. The molecule has 0 fully saturated rings. The van der Waals surface area contributed by atoms with Crippen LogP contribution in [0.25, 0.3) is 0 Å². The van der Waals surface area contributed by atoms with E-state index in [1.807, 2.05) is 6.92 Å². The number of amides is 1. The molecular weight excluding hydrogens is 222 g/mol. The molecule has 6 nitrogen and oxygen atoms in total. The summed E-state index contributed by atoms with van der Waals surface area (Å²) in [4.78, 5) is 11.7.